The van der Waals surface area contributed by atoms with Crippen molar-refractivity contribution in [3.8, 4) is 0 Å². The summed E-state index contributed by atoms with van der Waals surface area (Å²) in [6.45, 7) is -0.586. The number of ether oxygens (including phenoxy) is 3. The van der Waals surface area contributed by atoms with Crippen LogP contribution in [0.3, 0.4) is 0 Å². The van der Waals surface area contributed by atoms with E-state index in [-0.39, 0.29) is 30.5 Å². The summed E-state index contributed by atoms with van der Waals surface area (Å²) >= 11 is 18.1. The van der Waals surface area contributed by atoms with Gasteiger partial charge in [0.1, 0.15) is 24.2 Å². The van der Waals surface area contributed by atoms with E-state index in [1.165, 1.54) is 24.2 Å². The molecule has 2 aromatic carbocycles. The van der Waals surface area contributed by atoms with Crippen LogP contribution in [0.2, 0.25) is 10.0 Å². The van der Waals surface area contributed by atoms with E-state index < -0.39 is 78.7 Å². The molecule has 360 valence electrons. The molecule has 2 aliphatic carbocycles. The summed E-state index contributed by atoms with van der Waals surface area (Å²) in [5, 5.41) is 11.1. The molecule has 16 nitrogen and oxygen atoms in total. The van der Waals surface area contributed by atoms with E-state index in [1.54, 1.807) is 49.5 Å². The fraction of sp³-hybridized carbons (Fsp3) is 0.500. The summed E-state index contributed by atoms with van der Waals surface area (Å²) in [5.74, 6) is -7.55. The maximum Gasteiger partial charge on any atom is 0.471 e. The fourth-order valence-corrected chi connectivity index (χ4v) is 7.47. The number of esters is 1. The number of rotatable bonds is 12. The Labute approximate surface area is 383 Å². The van der Waals surface area contributed by atoms with Crippen LogP contribution in [0.15, 0.2) is 48.5 Å². The van der Waals surface area contributed by atoms with E-state index in [0.29, 0.717) is 53.3 Å². The fourth-order valence-electron chi connectivity index (χ4n) is 6.79. The quantitative estimate of drug-likeness (QED) is 0.0821. The number of carbonyl (C=O) groups is 8. The van der Waals surface area contributed by atoms with E-state index in [2.05, 4.69) is 0 Å². The third-order valence-electron chi connectivity index (χ3n) is 9.95. The highest BCUT2D eigenvalue weighted by Gasteiger charge is 2.50. The van der Waals surface area contributed by atoms with Crippen molar-refractivity contribution in [1.82, 2.24) is 20.4 Å². The highest BCUT2D eigenvalue weighted by molar-refractivity contribution is 6.32. The van der Waals surface area contributed by atoms with Crippen molar-refractivity contribution in [1.29, 1.82) is 0 Å². The molecule has 2 aromatic rings. The largest absolute Gasteiger partial charge is 0.480 e. The van der Waals surface area contributed by atoms with E-state index in [4.69, 9.17) is 54.1 Å². The van der Waals surface area contributed by atoms with Gasteiger partial charge >= 0.3 is 48.3 Å². The average molecular weight is 994 g/mol. The maximum absolute atomic E-state index is 13.1. The highest BCUT2D eigenvalue weighted by atomic mass is 35.5. The molecule has 0 aliphatic heterocycles. The summed E-state index contributed by atoms with van der Waals surface area (Å²) in [6.07, 6.45) is -8.78. The number of Topliss-reactive ketones (excluding diaryl/α,β-unsaturated/α-hetero) is 2. The number of nitrogens with zero attached hydrogens (tertiary/aromatic N) is 2. The van der Waals surface area contributed by atoms with Crippen LogP contribution in [0.5, 0.6) is 0 Å². The second kappa shape index (κ2) is 24.8. The Morgan fingerprint density at radius 1 is 0.708 bits per heavy atom. The van der Waals surface area contributed by atoms with Crippen molar-refractivity contribution >= 4 is 82.3 Å². The maximum atomic E-state index is 13.1. The van der Waals surface area contributed by atoms with E-state index in [9.17, 15) is 64.7 Å². The van der Waals surface area contributed by atoms with Crippen molar-refractivity contribution in [2.24, 2.45) is 0 Å². The Morgan fingerprint density at radius 3 is 1.49 bits per heavy atom. The van der Waals surface area contributed by atoms with Crippen LogP contribution in [0.25, 0.3) is 0 Å². The second-order valence-corrected chi connectivity index (χ2v) is 15.1. The number of alkyl halides is 7. The molecule has 2 fully saturated rings. The topological polar surface area (TPSA) is 215 Å². The molecule has 2 saturated carbocycles. The molecule has 0 bridgehead atoms. The van der Waals surface area contributed by atoms with Crippen LogP contribution >= 0.6 is 34.8 Å². The van der Waals surface area contributed by atoms with Crippen LogP contribution in [0, 0.1) is 0 Å². The van der Waals surface area contributed by atoms with Gasteiger partial charge in [0.15, 0.2) is 17.6 Å². The normalized spacial score (nSPS) is 18.8. The van der Waals surface area contributed by atoms with Gasteiger partial charge in [-0.1, -0.05) is 78.1 Å². The number of amides is 4. The van der Waals surface area contributed by atoms with E-state index >= 15 is 0 Å². The predicted octanol–water partition coefficient (Wildman–Crippen LogP) is 7.40. The number of nitrogens with one attached hydrogen (secondary N) is 2. The number of halogens is 9. The monoisotopic (exact) mass is 992 g/mol. The first kappa shape index (κ1) is 55.8. The lowest BCUT2D eigenvalue weighted by Crippen LogP contribution is -2.55. The molecule has 4 rings (SSSR count). The Balaban J connectivity index is 0.000000384. The van der Waals surface area contributed by atoms with Gasteiger partial charge in [0.2, 0.25) is 6.29 Å². The van der Waals surface area contributed by atoms with Crippen molar-refractivity contribution < 1.29 is 84.0 Å². The lowest BCUT2D eigenvalue weighted by molar-refractivity contribution is -0.178. The summed E-state index contributed by atoms with van der Waals surface area (Å²) in [5.41, 5.74) is -1.36. The Morgan fingerprint density at radius 2 is 1.12 bits per heavy atom. The van der Waals surface area contributed by atoms with Crippen molar-refractivity contribution in [3.63, 3.8) is 0 Å². The van der Waals surface area contributed by atoms with Crippen molar-refractivity contribution in [2.45, 2.75) is 94.4 Å². The molecule has 2 aliphatic rings. The number of carboxylic acid groups (broad SMARTS) is 1. The molecule has 1 unspecified atom stereocenters. The molecule has 0 heterocycles. The molecule has 3 N–H and O–H groups in total. The van der Waals surface area contributed by atoms with Gasteiger partial charge in [0, 0.05) is 54.5 Å². The Hall–Kier alpha value is -5.35. The molecule has 0 saturated heterocycles. The van der Waals surface area contributed by atoms with E-state index in [0.717, 1.165) is 23.1 Å². The summed E-state index contributed by atoms with van der Waals surface area (Å²) in [6, 6.07) is 13.5. The molecule has 4 amide bonds. The molecule has 65 heavy (non-hydrogen) atoms. The number of likely N-dealkylation sites (N-methyl/N-ethyl adjacent to an activating group) is 2. The van der Waals surface area contributed by atoms with Crippen LogP contribution in [-0.2, 0) is 54.1 Å². The summed E-state index contributed by atoms with van der Waals surface area (Å²) in [7, 11) is 2.93. The molecule has 3 atom stereocenters. The average Bonchev–Trinajstić information content (AvgIpc) is 3.24. The van der Waals surface area contributed by atoms with Crippen LogP contribution in [0.1, 0.15) is 75.8 Å². The van der Waals surface area contributed by atoms with Crippen LogP contribution in [0.4, 0.5) is 35.9 Å². The second-order valence-electron chi connectivity index (χ2n) is 14.0. The zero-order valence-electron chi connectivity index (χ0n) is 34.9. The van der Waals surface area contributed by atoms with Crippen LogP contribution in [-0.4, -0.2) is 114 Å². The lowest BCUT2D eigenvalue weighted by Gasteiger charge is -2.43. The van der Waals surface area contributed by atoms with Crippen molar-refractivity contribution in [3.05, 3.63) is 69.7 Å². The number of ketones is 2. The zero-order chi connectivity index (χ0) is 49.3. The van der Waals surface area contributed by atoms with Gasteiger partial charge in [0.05, 0.1) is 0 Å². The van der Waals surface area contributed by atoms with Crippen molar-refractivity contribution in [2.75, 3.05) is 33.3 Å². The number of hydrogen-bond acceptors (Lipinski definition) is 11. The Bertz CT molecular complexity index is 2050. The smallest absolute Gasteiger partial charge is 0.471 e. The molecular weight excluding hydrogens is 949 g/mol. The van der Waals surface area contributed by atoms with Gasteiger partial charge in [-0.3, -0.25) is 38.6 Å². The first-order chi connectivity index (χ1) is 30.3. The Kier molecular flexibility index (Phi) is 21.3. The lowest BCUT2D eigenvalue weighted by atomic mass is 9.74. The van der Waals surface area contributed by atoms with E-state index in [1.807, 2.05) is 6.07 Å². The third-order valence-corrected chi connectivity index (χ3v) is 10.7. The summed E-state index contributed by atoms with van der Waals surface area (Å²) < 4.78 is 85.5. The predicted molar refractivity (Wildman–Crippen MR) is 218 cm³/mol. The minimum atomic E-state index is -5.15. The summed E-state index contributed by atoms with van der Waals surface area (Å²) in [4.78, 5) is 95.3. The number of hydrogen-bond donors (Lipinski definition) is 3. The molecule has 0 spiro atoms. The SMILES string of the molecule is CCC(OC(=O)CNC(=O)C(F)(F)F)OC(=O)N(C)[C@]1(c2ccccc2Cl)CCCCC1=O.CN(C(=O)OCCl)[C@]1(c2ccccc2Cl)CCCCC1=O.O=C(O)CNC(=O)C(F)(F)F. The van der Waals surface area contributed by atoms with Gasteiger partial charge in [-0.15, -0.1) is 0 Å². The minimum Gasteiger partial charge on any atom is -0.480 e. The van der Waals surface area contributed by atoms with Gasteiger partial charge in [-0.25, -0.2) is 9.59 Å². The number of carboxylic acids is 1. The molecular formula is C40H45Cl3F6N4O12. The number of benzene rings is 2. The highest BCUT2D eigenvalue weighted by Crippen LogP contribution is 2.44. The first-order valence-corrected chi connectivity index (χ1v) is 20.7. The number of aliphatic carboxylic acids is 1. The zero-order valence-corrected chi connectivity index (χ0v) is 37.2. The standard InChI is InChI=1S/C21H24ClF3N2O6.C15H17Cl2NO3.C4H4F3NO3/c1-3-17(32-16(29)12-26-18(30)21(23,24)25)33-19(31)27(2)20(11-7-6-10-15(20)28)13-8-4-5-9-14(13)22;1-18(14(20)21-10-16)15(9-5-4-8-13(15)19)11-6-2-3-7-12(11)17;5-4(6,7)3(11)8-1-2(9)10/h4-5,8-9,17H,3,6-7,10-12H2,1-2H3,(H,26,30);2-3,6-7H,4-5,8-10H2,1H3;1H2,(H,8,11)(H,9,10)/t17?,20-;15-;/m00./s1. The third kappa shape index (κ3) is 15.1. The number of carbonyl (C=O) groups excluding carboxylic acids is 7. The molecule has 0 aromatic heterocycles. The van der Waals surface area contributed by atoms with Gasteiger partial charge < -0.3 is 30.0 Å². The molecule has 25 heteroatoms. The molecule has 0 radical (unpaired) electrons. The van der Waals surface area contributed by atoms with Gasteiger partial charge in [-0.2, -0.15) is 26.3 Å². The van der Waals surface area contributed by atoms with Gasteiger partial charge in [-0.05, 0) is 50.7 Å². The van der Waals surface area contributed by atoms with Gasteiger partial charge in [0.25, 0.3) is 0 Å². The minimum absolute atomic E-state index is 0.0177. The van der Waals surface area contributed by atoms with Crippen LogP contribution < -0.4 is 10.6 Å². The first-order valence-electron chi connectivity index (χ1n) is 19.4.